The van der Waals surface area contributed by atoms with Crippen molar-refractivity contribution in [3.63, 3.8) is 0 Å². The molecule has 0 amide bonds. The zero-order valence-corrected chi connectivity index (χ0v) is 8.89. The Morgan fingerprint density at radius 2 is 2.19 bits per heavy atom. The minimum Gasteiger partial charge on any atom is -0.398 e. The molecule has 1 aliphatic rings. The monoisotopic (exact) mass is 215 g/mol. The third-order valence-electron chi connectivity index (χ3n) is 2.85. The Kier molecular flexibility index (Phi) is 2.15. The molecule has 0 spiro atoms. The van der Waals surface area contributed by atoms with Gasteiger partial charge in [-0.05, 0) is 24.6 Å². The lowest BCUT2D eigenvalue weighted by atomic mass is 10.1. The summed E-state index contributed by atoms with van der Waals surface area (Å²) < 4.78 is 0. The van der Waals surface area contributed by atoms with Crippen LogP contribution in [0, 0.1) is 0 Å². The van der Waals surface area contributed by atoms with E-state index in [1.54, 1.807) is 12.4 Å². The van der Waals surface area contributed by atoms with Crippen molar-refractivity contribution in [2.75, 3.05) is 23.9 Å². The van der Waals surface area contributed by atoms with E-state index in [-0.39, 0.29) is 0 Å². The first-order chi connectivity index (χ1) is 7.86. The standard InChI is InChI=1S/C12H13N3O/c13-11-2-3-12(15-6-1-7-16-15)9-4-5-14-8-10(9)11/h2-5,8H,1,6-7,13H2. The number of benzene rings is 1. The lowest BCUT2D eigenvalue weighted by Crippen LogP contribution is -2.16. The van der Waals surface area contributed by atoms with Crippen molar-refractivity contribution in [3.8, 4) is 0 Å². The maximum absolute atomic E-state index is 5.92. The highest BCUT2D eigenvalue weighted by molar-refractivity contribution is 6.00. The number of pyridine rings is 1. The lowest BCUT2D eigenvalue weighted by Gasteiger charge is -2.18. The Bertz CT molecular complexity index is 521. The molecule has 0 atom stereocenters. The van der Waals surface area contributed by atoms with Crippen molar-refractivity contribution in [2.24, 2.45) is 0 Å². The van der Waals surface area contributed by atoms with Crippen LogP contribution in [0.25, 0.3) is 10.8 Å². The van der Waals surface area contributed by atoms with Gasteiger partial charge in [0.15, 0.2) is 0 Å². The molecular formula is C12H13N3O. The molecule has 0 saturated carbocycles. The van der Waals surface area contributed by atoms with E-state index in [1.807, 2.05) is 23.3 Å². The fourth-order valence-corrected chi connectivity index (χ4v) is 2.05. The van der Waals surface area contributed by atoms with Crippen LogP contribution in [0.15, 0.2) is 30.6 Å². The topological polar surface area (TPSA) is 51.4 Å². The third kappa shape index (κ3) is 1.39. The second-order valence-corrected chi connectivity index (χ2v) is 3.88. The minimum absolute atomic E-state index is 0.756. The van der Waals surface area contributed by atoms with Crippen LogP contribution in [-0.2, 0) is 4.84 Å². The van der Waals surface area contributed by atoms with E-state index in [2.05, 4.69) is 4.98 Å². The van der Waals surface area contributed by atoms with Gasteiger partial charge in [0, 0.05) is 35.4 Å². The Morgan fingerprint density at radius 1 is 1.25 bits per heavy atom. The molecule has 1 fully saturated rings. The number of fused-ring (bicyclic) bond motifs is 1. The summed E-state index contributed by atoms with van der Waals surface area (Å²) in [4.78, 5) is 9.66. The van der Waals surface area contributed by atoms with Crippen LogP contribution in [0.3, 0.4) is 0 Å². The molecule has 1 aliphatic heterocycles. The summed E-state index contributed by atoms with van der Waals surface area (Å²) in [6.45, 7) is 1.72. The van der Waals surface area contributed by atoms with Gasteiger partial charge in [0.05, 0.1) is 12.3 Å². The van der Waals surface area contributed by atoms with Gasteiger partial charge in [-0.25, -0.2) is 0 Å². The first kappa shape index (κ1) is 9.42. The molecule has 1 saturated heterocycles. The number of aromatic nitrogens is 1. The molecule has 4 nitrogen and oxygen atoms in total. The first-order valence-electron chi connectivity index (χ1n) is 5.39. The lowest BCUT2D eigenvalue weighted by molar-refractivity contribution is 0.169. The van der Waals surface area contributed by atoms with Crippen LogP contribution in [-0.4, -0.2) is 18.1 Å². The minimum atomic E-state index is 0.756. The zero-order valence-electron chi connectivity index (χ0n) is 8.89. The van der Waals surface area contributed by atoms with Gasteiger partial charge in [-0.15, -0.1) is 0 Å². The summed E-state index contributed by atoms with van der Waals surface area (Å²) in [5, 5.41) is 4.01. The number of hydroxylamine groups is 1. The average molecular weight is 215 g/mol. The van der Waals surface area contributed by atoms with Crippen molar-refractivity contribution < 1.29 is 4.84 Å². The predicted octanol–water partition coefficient (Wildman–Crippen LogP) is 1.96. The molecular weight excluding hydrogens is 202 g/mol. The van der Waals surface area contributed by atoms with Crippen molar-refractivity contribution >= 4 is 22.1 Å². The van der Waals surface area contributed by atoms with E-state index in [0.717, 1.165) is 41.7 Å². The van der Waals surface area contributed by atoms with E-state index in [9.17, 15) is 0 Å². The van der Waals surface area contributed by atoms with Crippen LogP contribution >= 0.6 is 0 Å². The van der Waals surface area contributed by atoms with E-state index < -0.39 is 0 Å². The predicted molar refractivity (Wildman–Crippen MR) is 64.1 cm³/mol. The van der Waals surface area contributed by atoms with Gasteiger partial charge in [0.25, 0.3) is 0 Å². The molecule has 1 aromatic carbocycles. The second-order valence-electron chi connectivity index (χ2n) is 3.88. The van der Waals surface area contributed by atoms with Gasteiger partial charge in [-0.3, -0.25) is 14.9 Å². The highest BCUT2D eigenvalue weighted by atomic mass is 16.7. The number of nitrogens with zero attached hydrogens (tertiary/aromatic N) is 2. The number of nitrogens with two attached hydrogens (primary N) is 1. The number of rotatable bonds is 1. The average Bonchev–Trinajstić information content (AvgIpc) is 2.83. The van der Waals surface area contributed by atoms with Gasteiger partial charge >= 0.3 is 0 Å². The number of hydrogen-bond donors (Lipinski definition) is 1. The molecule has 16 heavy (non-hydrogen) atoms. The Morgan fingerprint density at radius 3 is 3.00 bits per heavy atom. The van der Waals surface area contributed by atoms with Crippen LogP contribution in [0.4, 0.5) is 11.4 Å². The first-order valence-corrected chi connectivity index (χ1v) is 5.39. The molecule has 2 aromatic rings. The van der Waals surface area contributed by atoms with Crippen molar-refractivity contribution in [1.29, 1.82) is 0 Å². The molecule has 2 heterocycles. The summed E-state index contributed by atoms with van der Waals surface area (Å²) in [5.74, 6) is 0. The summed E-state index contributed by atoms with van der Waals surface area (Å²) in [6, 6.07) is 5.88. The number of hydrogen-bond acceptors (Lipinski definition) is 4. The van der Waals surface area contributed by atoms with Gasteiger partial charge < -0.3 is 5.73 Å². The molecule has 82 valence electrons. The summed E-state index contributed by atoms with van der Waals surface area (Å²) >= 11 is 0. The number of nitrogen functional groups attached to an aromatic ring is 1. The van der Waals surface area contributed by atoms with Gasteiger partial charge in [-0.1, -0.05) is 0 Å². The fourth-order valence-electron chi connectivity index (χ4n) is 2.05. The van der Waals surface area contributed by atoms with E-state index in [1.165, 1.54) is 0 Å². The van der Waals surface area contributed by atoms with Crippen LogP contribution in [0.2, 0.25) is 0 Å². The maximum Gasteiger partial charge on any atom is 0.0766 e. The van der Waals surface area contributed by atoms with Gasteiger partial charge in [0.2, 0.25) is 0 Å². The highest BCUT2D eigenvalue weighted by Gasteiger charge is 2.16. The summed E-state index contributed by atoms with van der Waals surface area (Å²) in [6.07, 6.45) is 4.64. The van der Waals surface area contributed by atoms with E-state index in [0.29, 0.717) is 0 Å². The molecule has 4 heteroatoms. The smallest absolute Gasteiger partial charge is 0.0766 e. The molecule has 0 radical (unpaired) electrons. The van der Waals surface area contributed by atoms with Crippen LogP contribution in [0.5, 0.6) is 0 Å². The van der Waals surface area contributed by atoms with Crippen molar-refractivity contribution in [1.82, 2.24) is 4.98 Å². The van der Waals surface area contributed by atoms with E-state index in [4.69, 9.17) is 10.6 Å². The summed E-state index contributed by atoms with van der Waals surface area (Å²) in [5.41, 5.74) is 7.75. The van der Waals surface area contributed by atoms with Crippen molar-refractivity contribution in [3.05, 3.63) is 30.6 Å². The Hall–Kier alpha value is -1.81. The third-order valence-corrected chi connectivity index (χ3v) is 2.85. The van der Waals surface area contributed by atoms with Crippen molar-refractivity contribution in [2.45, 2.75) is 6.42 Å². The fraction of sp³-hybridized carbons (Fsp3) is 0.250. The molecule has 3 rings (SSSR count). The quantitative estimate of drug-likeness (QED) is 0.739. The normalized spacial score (nSPS) is 15.9. The SMILES string of the molecule is Nc1ccc(N2CCCO2)c2ccncc12. The van der Waals surface area contributed by atoms with Gasteiger partial charge in [0.1, 0.15) is 0 Å². The van der Waals surface area contributed by atoms with E-state index >= 15 is 0 Å². The largest absolute Gasteiger partial charge is 0.398 e. The maximum atomic E-state index is 5.92. The molecule has 1 aromatic heterocycles. The second kappa shape index (κ2) is 3.64. The molecule has 0 bridgehead atoms. The zero-order chi connectivity index (χ0) is 11.0. The number of anilines is 2. The Labute approximate surface area is 93.6 Å². The molecule has 2 N–H and O–H groups in total. The molecule has 0 aliphatic carbocycles. The Balaban J connectivity index is 2.21. The van der Waals surface area contributed by atoms with Gasteiger partial charge in [-0.2, -0.15) is 0 Å². The summed E-state index contributed by atoms with van der Waals surface area (Å²) in [7, 11) is 0. The highest BCUT2D eigenvalue weighted by Crippen LogP contribution is 2.31. The van der Waals surface area contributed by atoms with Crippen LogP contribution < -0.4 is 10.8 Å². The van der Waals surface area contributed by atoms with Crippen LogP contribution in [0.1, 0.15) is 6.42 Å². The molecule has 0 unspecified atom stereocenters.